The fourth-order valence-electron chi connectivity index (χ4n) is 3.62. The summed E-state index contributed by atoms with van der Waals surface area (Å²) in [5.41, 5.74) is 2.88. The molecule has 3 heterocycles. The van der Waals surface area contributed by atoms with Crippen molar-refractivity contribution >= 4 is 17.5 Å². The van der Waals surface area contributed by atoms with Crippen LogP contribution in [0.4, 0.5) is 4.39 Å². The fraction of sp³-hybridized carbons (Fsp3) is 0.300. The zero-order valence-electron chi connectivity index (χ0n) is 15.6. The van der Waals surface area contributed by atoms with Gasteiger partial charge in [0.05, 0.1) is 12.1 Å². The van der Waals surface area contributed by atoms with Crippen LogP contribution in [0.15, 0.2) is 36.4 Å². The van der Waals surface area contributed by atoms with Gasteiger partial charge in [0.2, 0.25) is 5.91 Å². The Balaban J connectivity index is 1.61. The molecule has 1 aliphatic heterocycles. The standard InChI is InChI=1S/C20H20FN5O2/c1-11-9-12(2)26-17(22-11)10-16(25-26)20(28)23-15-7-8-18(27)24-19(15)13-5-3-4-6-14(13)21/h3-6,9-10,15,19H,7-8H2,1-2H3,(H,23,28)(H,24,27). The number of piperidine rings is 1. The van der Waals surface area contributed by atoms with Gasteiger partial charge in [-0.05, 0) is 32.4 Å². The number of nitrogens with zero attached hydrogens (tertiary/aromatic N) is 3. The van der Waals surface area contributed by atoms with Crippen LogP contribution < -0.4 is 10.6 Å². The summed E-state index contributed by atoms with van der Waals surface area (Å²) in [6.07, 6.45) is 0.682. The highest BCUT2D eigenvalue weighted by Gasteiger charge is 2.33. The molecule has 2 aromatic heterocycles. The van der Waals surface area contributed by atoms with Crippen LogP contribution >= 0.6 is 0 Å². The molecule has 0 saturated carbocycles. The third-order valence-corrected chi connectivity index (χ3v) is 4.92. The Hall–Kier alpha value is -3.29. The van der Waals surface area contributed by atoms with Crippen LogP contribution in [0.1, 0.15) is 46.3 Å². The number of fused-ring (bicyclic) bond motifs is 1. The van der Waals surface area contributed by atoms with Crippen molar-refractivity contribution in [1.82, 2.24) is 25.2 Å². The number of hydrogen-bond acceptors (Lipinski definition) is 4. The van der Waals surface area contributed by atoms with Gasteiger partial charge in [0.15, 0.2) is 11.3 Å². The molecule has 0 radical (unpaired) electrons. The van der Waals surface area contributed by atoms with E-state index >= 15 is 0 Å². The van der Waals surface area contributed by atoms with Crippen molar-refractivity contribution in [2.45, 2.75) is 38.8 Å². The Morgan fingerprint density at radius 3 is 2.86 bits per heavy atom. The molecule has 1 aromatic carbocycles. The van der Waals surface area contributed by atoms with Crippen molar-refractivity contribution < 1.29 is 14.0 Å². The number of rotatable bonds is 3. The summed E-state index contributed by atoms with van der Waals surface area (Å²) < 4.78 is 15.9. The van der Waals surface area contributed by atoms with Crippen LogP contribution in [-0.2, 0) is 4.79 Å². The average molecular weight is 381 g/mol. The highest BCUT2D eigenvalue weighted by molar-refractivity contribution is 5.93. The van der Waals surface area contributed by atoms with E-state index in [1.165, 1.54) is 6.07 Å². The summed E-state index contributed by atoms with van der Waals surface area (Å²) in [6, 6.07) is 8.68. The maximum absolute atomic E-state index is 14.3. The summed E-state index contributed by atoms with van der Waals surface area (Å²) >= 11 is 0. The van der Waals surface area contributed by atoms with E-state index in [4.69, 9.17) is 0 Å². The van der Waals surface area contributed by atoms with Crippen LogP contribution in [0.2, 0.25) is 0 Å². The first-order valence-electron chi connectivity index (χ1n) is 9.11. The molecule has 1 aliphatic rings. The minimum Gasteiger partial charge on any atom is -0.347 e. The Bertz CT molecular complexity index is 1080. The Labute approximate surface area is 161 Å². The number of nitrogens with one attached hydrogen (secondary N) is 2. The highest BCUT2D eigenvalue weighted by atomic mass is 19.1. The summed E-state index contributed by atoms with van der Waals surface area (Å²) in [4.78, 5) is 29.1. The van der Waals surface area contributed by atoms with E-state index in [-0.39, 0.29) is 23.9 Å². The smallest absolute Gasteiger partial charge is 0.272 e. The van der Waals surface area contributed by atoms with Gasteiger partial charge in [0.1, 0.15) is 5.82 Å². The molecule has 1 saturated heterocycles. The molecule has 0 spiro atoms. The van der Waals surface area contributed by atoms with Crippen LogP contribution in [0.3, 0.4) is 0 Å². The second-order valence-electron chi connectivity index (χ2n) is 7.02. The van der Waals surface area contributed by atoms with Crippen molar-refractivity contribution in [2.24, 2.45) is 0 Å². The van der Waals surface area contributed by atoms with Gasteiger partial charge in [0.25, 0.3) is 5.91 Å². The monoisotopic (exact) mass is 381 g/mol. The number of aromatic nitrogens is 3. The van der Waals surface area contributed by atoms with E-state index in [0.29, 0.717) is 17.6 Å². The molecule has 2 N–H and O–H groups in total. The van der Waals surface area contributed by atoms with E-state index in [2.05, 4.69) is 20.7 Å². The molecule has 0 bridgehead atoms. The number of aryl methyl sites for hydroxylation is 2. The summed E-state index contributed by atoms with van der Waals surface area (Å²) in [6.45, 7) is 3.77. The van der Waals surface area contributed by atoms with Crippen molar-refractivity contribution in [1.29, 1.82) is 0 Å². The number of hydrogen-bond donors (Lipinski definition) is 2. The zero-order valence-corrected chi connectivity index (χ0v) is 15.6. The molecular formula is C20H20FN5O2. The van der Waals surface area contributed by atoms with Gasteiger partial charge in [-0.25, -0.2) is 13.9 Å². The third-order valence-electron chi connectivity index (χ3n) is 4.92. The maximum Gasteiger partial charge on any atom is 0.272 e. The average Bonchev–Trinajstić information content (AvgIpc) is 3.08. The van der Waals surface area contributed by atoms with Gasteiger partial charge < -0.3 is 10.6 Å². The number of amides is 2. The molecular weight excluding hydrogens is 361 g/mol. The minimum atomic E-state index is -0.634. The lowest BCUT2D eigenvalue weighted by atomic mass is 9.91. The minimum absolute atomic E-state index is 0.165. The predicted octanol–water partition coefficient (Wildman–Crippen LogP) is 2.23. The van der Waals surface area contributed by atoms with Gasteiger partial charge in [0, 0.05) is 29.4 Å². The van der Waals surface area contributed by atoms with Gasteiger partial charge >= 0.3 is 0 Å². The lowest BCUT2D eigenvalue weighted by Gasteiger charge is -2.33. The normalized spacial score (nSPS) is 19.5. The van der Waals surface area contributed by atoms with Gasteiger partial charge in [-0.3, -0.25) is 9.59 Å². The van der Waals surface area contributed by atoms with E-state index < -0.39 is 17.9 Å². The largest absolute Gasteiger partial charge is 0.347 e. The van der Waals surface area contributed by atoms with Crippen molar-refractivity contribution in [3.8, 4) is 0 Å². The number of benzene rings is 1. The van der Waals surface area contributed by atoms with Crippen LogP contribution in [0, 0.1) is 19.7 Å². The third kappa shape index (κ3) is 3.33. The molecule has 7 nitrogen and oxygen atoms in total. The topological polar surface area (TPSA) is 88.4 Å². The number of carbonyl (C=O) groups excluding carboxylic acids is 2. The van der Waals surface area contributed by atoms with Gasteiger partial charge in [-0.1, -0.05) is 18.2 Å². The molecule has 144 valence electrons. The molecule has 3 aromatic rings. The molecule has 2 atom stereocenters. The quantitative estimate of drug-likeness (QED) is 0.728. The first-order valence-corrected chi connectivity index (χ1v) is 9.11. The molecule has 2 amide bonds. The molecule has 2 unspecified atom stereocenters. The zero-order chi connectivity index (χ0) is 19.8. The van der Waals surface area contributed by atoms with Crippen molar-refractivity contribution in [3.63, 3.8) is 0 Å². The summed E-state index contributed by atoms with van der Waals surface area (Å²) in [5, 5.41) is 10.0. The Morgan fingerprint density at radius 2 is 2.07 bits per heavy atom. The lowest BCUT2D eigenvalue weighted by Crippen LogP contribution is -2.50. The van der Waals surface area contributed by atoms with Crippen LogP contribution in [0.25, 0.3) is 5.65 Å². The van der Waals surface area contributed by atoms with Crippen molar-refractivity contribution in [2.75, 3.05) is 0 Å². The lowest BCUT2D eigenvalue weighted by molar-refractivity contribution is -0.123. The van der Waals surface area contributed by atoms with Crippen molar-refractivity contribution in [3.05, 3.63) is 64.9 Å². The first-order chi connectivity index (χ1) is 13.4. The SMILES string of the molecule is Cc1cc(C)n2nc(C(=O)NC3CCC(=O)NC3c3ccccc3F)cc2n1. The number of halogens is 1. The Morgan fingerprint density at radius 1 is 1.29 bits per heavy atom. The van der Waals surface area contributed by atoms with Gasteiger partial charge in [-0.15, -0.1) is 0 Å². The van der Waals surface area contributed by atoms with E-state index in [1.807, 2.05) is 19.9 Å². The fourth-order valence-corrected chi connectivity index (χ4v) is 3.62. The predicted molar refractivity (Wildman–Crippen MR) is 100 cm³/mol. The molecule has 1 fully saturated rings. The summed E-state index contributed by atoms with van der Waals surface area (Å²) in [5.74, 6) is -0.969. The van der Waals surface area contributed by atoms with E-state index in [1.54, 1.807) is 28.8 Å². The Kier molecular flexibility index (Phi) is 4.54. The molecule has 28 heavy (non-hydrogen) atoms. The molecule has 8 heteroatoms. The molecule has 0 aliphatic carbocycles. The van der Waals surface area contributed by atoms with Gasteiger partial charge in [-0.2, -0.15) is 5.10 Å². The molecule has 4 rings (SSSR count). The second kappa shape index (κ2) is 7.03. The maximum atomic E-state index is 14.3. The van der Waals surface area contributed by atoms with E-state index in [0.717, 1.165) is 11.4 Å². The van der Waals surface area contributed by atoms with E-state index in [9.17, 15) is 14.0 Å². The van der Waals surface area contributed by atoms with Crippen LogP contribution in [0.5, 0.6) is 0 Å². The summed E-state index contributed by atoms with van der Waals surface area (Å²) in [7, 11) is 0. The first kappa shape index (κ1) is 18.1. The second-order valence-corrected chi connectivity index (χ2v) is 7.02. The van der Waals surface area contributed by atoms with Crippen LogP contribution in [-0.4, -0.2) is 32.5 Å². The highest BCUT2D eigenvalue weighted by Crippen LogP contribution is 2.26. The number of carbonyl (C=O) groups is 2.